The fourth-order valence-corrected chi connectivity index (χ4v) is 2.86. The van der Waals surface area contributed by atoms with Gasteiger partial charge in [0.15, 0.2) is 0 Å². The second kappa shape index (κ2) is 7.27. The number of hydrogen-bond acceptors (Lipinski definition) is 3. The van der Waals surface area contributed by atoms with Crippen molar-refractivity contribution in [1.29, 1.82) is 0 Å². The van der Waals surface area contributed by atoms with Crippen molar-refractivity contribution < 1.29 is 4.79 Å². The van der Waals surface area contributed by atoms with Crippen LogP contribution in [-0.4, -0.2) is 16.6 Å². The summed E-state index contributed by atoms with van der Waals surface area (Å²) in [4.78, 5) is 17.2. The maximum atomic E-state index is 11.9. The first-order valence-electron chi connectivity index (χ1n) is 6.97. The fraction of sp³-hybridized carbons (Fsp3) is 0.294. The highest BCUT2D eigenvalue weighted by Gasteiger charge is 2.04. The molecule has 1 heterocycles. The summed E-state index contributed by atoms with van der Waals surface area (Å²) < 4.78 is 0. The molecule has 0 aliphatic rings. The minimum atomic E-state index is 0.0388. The van der Waals surface area contributed by atoms with Crippen LogP contribution in [0.3, 0.4) is 0 Å². The molecule has 1 aromatic carbocycles. The molecule has 3 nitrogen and oxygen atoms in total. The van der Waals surface area contributed by atoms with Gasteiger partial charge in [-0.25, -0.2) is 0 Å². The number of benzene rings is 1. The molecular weight excluding hydrogens is 280 g/mol. The lowest BCUT2D eigenvalue weighted by atomic mass is 10.1. The van der Waals surface area contributed by atoms with E-state index in [4.69, 9.17) is 0 Å². The largest absolute Gasteiger partial charge is 0.326 e. The Balaban J connectivity index is 1.80. The molecule has 2 aromatic rings. The molecule has 0 aliphatic carbocycles. The van der Waals surface area contributed by atoms with E-state index in [1.165, 1.54) is 16.0 Å². The summed E-state index contributed by atoms with van der Waals surface area (Å²) in [6, 6.07) is 10.1. The van der Waals surface area contributed by atoms with Crippen LogP contribution in [0.1, 0.15) is 23.2 Å². The molecule has 0 spiro atoms. The first kappa shape index (κ1) is 15.6. The smallest absolute Gasteiger partial charge is 0.225 e. The van der Waals surface area contributed by atoms with Crippen LogP contribution in [0.25, 0.3) is 0 Å². The molecule has 2 rings (SSSR count). The Morgan fingerprint density at radius 3 is 2.67 bits per heavy atom. The summed E-state index contributed by atoms with van der Waals surface area (Å²) >= 11 is 1.71. The fourth-order valence-electron chi connectivity index (χ4n) is 1.91. The first-order chi connectivity index (χ1) is 10.0. The number of rotatable bonds is 5. The second-order valence-corrected chi connectivity index (χ2v) is 6.25. The van der Waals surface area contributed by atoms with Crippen LogP contribution in [0.4, 0.5) is 5.69 Å². The monoisotopic (exact) mass is 300 g/mol. The van der Waals surface area contributed by atoms with Crippen LogP contribution in [-0.2, 0) is 4.79 Å². The molecule has 0 bridgehead atoms. The van der Waals surface area contributed by atoms with Crippen LogP contribution in [0.5, 0.6) is 0 Å². The maximum absolute atomic E-state index is 11.9. The Kier molecular flexibility index (Phi) is 5.39. The van der Waals surface area contributed by atoms with Gasteiger partial charge in [-0.05, 0) is 56.2 Å². The van der Waals surface area contributed by atoms with Crippen molar-refractivity contribution in [2.75, 3.05) is 11.1 Å². The Bertz CT molecular complexity index is 640. The highest BCUT2D eigenvalue weighted by atomic mass is 32.2. The predicted molar refractivity (Wildman–Crippen MR) is 88.9 cm³/mol. The SMILES string of the molecule is Cc1cc(NC(=O)CCSc2ccc(C)c(C)c2)ccn1. The van der Waals surface area contributed by atoms with Crippen LogP contribution in [0.15, 0.2) is 41.4 Å². The van der Waals surface area contributed by atoms with Gasteiger partial charge >= 0.3 is 0 Å². The third-order valence-corrected chi connectivity index (χ3v) is 4.25. The standard InChI is InChI=1S/C17H20N2OS/c1-12-4-5-16(10-13(12)2)21-9-7-17(20)19-15-6-8-18-14(3)11-15/h4-6,8,10-11H,7,9H2,1-3H3,(H,18,19,20). The van der Waals surface area contributed by atoms with Crippen molar-refractivity contribution in [2.45, 2.75) is 32.1 Å². The lowest BCUT2D eigenvalue weighted by molar-refractivity contribution is -0.115. The average molecular weight is 300 g/mol. The molecule has 1 aromatic heterocycles. The summed E-state index contributed by atoms with van der Waals surface area (Å²) in [6.45, 7) is 6.12. The van der Waals surface area contributed by atoms with Gasteiger partial charge < -0.3 is 5.32 Å². The average Bonchev–Trinajstić information content (AvgIpc) is 2.43. The van der Waals surface area contributed by atoms with Gasteiger partial charge in [0.25, 0.3) is 0 Å². The van der Waals surface area contributed by atoms with Gasteiger partial charge in [-0.2, -0.15) is 0 Å². The third kappa shape index (κ3) is 4.90. The molecule has 0 aliphatic heterocycles. The van der Waals surface area contributed by atoms with E-state index < -0.39 is 0 Å². The number of anilines is 1. The van der Waals surface area contributed by atoms with Crippen molar-refractivity contribution in [3.05, 3.63) is 53.3 Å². The zero-order valence-corrected chi connectivity index (χ0v) is 13.5. The quantitative estimate of drug-likeness (QED) is 0.844. The van der Waals surface area contributed by atoms with Crippen LogP contribution >= 0.6 is 11.8 Å². The van der Waals surface area contributed by atoms with Crippen LogP contribution in [0.2, 0.25) is 0 Å². The Morgan fingerprint density at radius 1 is 1.14 bits per heavy atom. The highest BCUT2D eigenvalue weighted by Crippen LogP contribution is 2.21. The molecule has 1 N–H and O–H groups in total. The van der Waals surface area contributed by atoms with Gasteiger partial charge in [0.2, 0.25) is 5.91 Å². The number of hydrogen-bond donors (Lipinski definition) is 1. The molecular formula is C17H20N2OS. The number of nitrogens with one attached hydrogen (secondary N) is 1. The number of aromatic nitrogens is 1. The number of nitrogens with zero attached hydrogens (tertiary/aromatic N) is 1. The van der Waals surface area contributed by atoms with Gasteiger partial charge in [0, 0.05) is 34.6 Å². The van der Waals surface area contributed by atoms with E-state index >= 15 is 0 Å². The van der Waals surface area contributed by atoms with E-state index in [2.05, 4.69) is 42.3 Å². The minimum absolute atomic E-state index is 0.0388. The lowest BCUT2D eigenvalue weighted by Crippen LogP contribution is -2.12. The van der Waals surface area contributed by atoms with Gasteiger partial charge in [-0.3, -0.25) is 9.78 Å². The van der Waals surface area contributed by atoms with E-state index in [1.807, 2.05) is 13.0 Å². The molecule has 0 atom stereocenters. The van der Waals surface area contributed by atoms with Crippen molar-refractivity contribution in [3.63, 3.8) is 0 Å². The number of aryl methyl sites for hydroxylation is 3. The summed E-state index contributed by atoms with van der Waals surface area (Å²) in [5.41, 5.74) is 4.29. The molecule has 0 fully saturated rings. The number of carbonyl (C=O) groups excluding carboxylic acids is 1. The maximum Gasteiger partial charge on any atom is 0.225 e. The van der Waals surface area contributed by atoms with Gasteiger partial charge in [0.05, 0.1) is 0 Å². The van der Waals surface area contributed by atoms with Crippen molar-refractivity contribution >= 4 is 23.4 Å². The molecule has 1 amide bonds. The zero-order chi connectivity index (χ0) is 15.2. The Morgan fingerprint density at radius 2 is 1.95 bits per heavy atom. The van der Waals surface area contributed by atoms with Crippen molar-refractivity contribution in [3.8, 4) is 0 Å². The Hall–Kier alpha value is -1.81. The number of pyridine rings is 1. The molecule has 0 saturated heterocycles. The van der Waals surface area contributed by atoms with E-state index in [1.54, 1.807) is 24.0 Å². The van der Waals surface area contributed by atoms with Gasteiger partial charge in [-0.15, -0.1) is 11.8 Å². The molecule has 0 unspecified atom stereocenters. The summed E-state index contributed by atoms with van der Waals surface area (Å²) in [5, 5.41) is 2.90. The van der Waals surface area contributed by atoms with Crippen LogP contribution < -0.4 is 5.32 Å². The molecule has 110 valence electrons. The summed E-state index contributed by atoms with van der Waals surface area (Å²) in [6.07, 6.45) is 2.20. The Labute approximate surface area is 130 Å². The predicted octanol–water partition coefficient (Wildman–Crippen LogP) is 4.13. The normalized spacial score (nSPS) is 10.4. The summed E-state index contributed by atoms with van der Waals surface area (Å²) in [7, 11) is 0. The van der Waals surface area contributed by atoms with Crippen LogP contribution in [0, 0.1) is 20.8 Å². The van der Waals surface area contributed by atoms with E-state index in [0.717, 1.165) is 17.1 Å². The lowest BCUT2D eigenvalue weighted by Gasteiger charge is -2.07. The number of carbonyl (C=O) groups is 1. The molecule has 4 heteroatoms. The number of amides is 1. The molecule has 21 heavy (non-hydrogen) atoms. The van der Waals surface area contributed by atoms with E-state index in [-0.39, 0.29) is 5.91 Å². The topological polar surface area (TPSA) is 42.0 Å². The van der Waals surface area contributed by atoms with E-state index in [0.29, 0.717) is 6.42 Å². The molecule has 0 saturated carbocycles. The van der Waals surface area contributed by atoms with Gasteiger partial charge in [0.1, 0.15) is 0 Å². The summed E-state index contributed by atoms with van der Waals surface area (Å²) in [5.74, 6) is 0.815. The zero-order valence-electron chi connectivity index (χ0n) is 12.6. The molecule has 0 radical (unpaired) electrons. The number of thioether (sulfide) groups is 1. The van der Waals surface area contributed by atoms with Crippen molar-refractivity contribution in [1.82, 2.24) is 4.98 Å². The third-order valence-electron chi connectivity index (χ3n) is 3.26. The second-order valence-electron chi connectivity index (χ2n) is 5.08. The minimum Gasteiger partial charge on any atom is -0.326 e. The van der Waals surface area contributed by atoms with Gasteiger partial charge in [-0.1, -0.05) is 6.07 Å². The van der Waals surface area contributed by atoms with Crippen molar-refractivity contribution in [2.24, 2.45) is 0 Å². The first-order valence-corrected chi connectivity index (χ1v) is 7.96. The highest BCUT2D eigenvalue weighted by molar-refractivity contribution is 7.99. The van der Waals surface area contributed by atoms with E-state index in [9.17, 15) is 4.79 Å².